The smallest absolute Gasteiger partial charge is 0.222 e. The van der Waals surface area contributed by atoms with E-state index in [0.717, 1.165) is 18.0 Å². The number of nitrogens with zero attached hydrogens (tertiary/aromatic N) is 3. The molecule has 124 valence electrons. The third kappa shape index (κ3) is 5.13. The van der Waals surface area contributed by atoms with Gasteiger partial charge in [0, 0.05) is 26.2 Å². The zero-order chi connectivity index (χ0) is 15.8. The third-order valence-electron chi connectivity index (χ3n) is 4.72. The molecule has 0 atom stereocenters. The van der Waals surface area contributed by atoms with E-state index in [1.54, 1.807) is 17.4 Å². The first-order valence-electron chi connectivity index (χ1n) is 8.54. The first-order valence-corrected chi connectivity index (χ1v) is 8.54. The molecule has 1 N–H and O–H groups in total. The van der Waals surface area contributed by atoms with Crippen molar-refractivity contribution in [2.75, 3.05) is 13.2 Å². The molecule has 0 aliphatic heterocycles. The number of hydrogen-bond acceptors (Lipinski definition) is 3. The summed E-state index contributed by atoms with van der Waals surface area (Å²) >= 11 is 0. The number of aliphatic hydroxyl groups is 1. The van der Waals surface area contributed by atoms with E-state index >= 15 is 0 Å². The maximum Gasteiger partial charge on any atom is 0.222 e. The molecule has 2 rings (SSSR count). The highest BCUT2D eigenvalue weighted by molar-refractivity contribution is 5.76. The Morgan fingerprint density at radius 3 is 2.82 bits per heavy atom. The SMILES string of the molecule is Cn1cncc1CN(CCO)C(=O)CCCC1CCCCC1. The summed E-state index contributed by atoms with van der Waals surface area (Å²) in [5.74, 6) is 0.968. The summed E-state index contributed by atoms with van der Waals surface area (Å²) in [7, 11) is 1.92. The summed E-state index contributed by atoms with van der Waals surface area (Å²) in [5.41, 5.74) is 0.995. The molecule has 1 aromatic rings. The first-order chi connectivity index (χ1) is 10.7. The maximum atomic E-state index is 12.4. The normalized spacial score (nSPS) is 15.9. The predicted octanol–water partition coefficient (Wildman–Crippen LogP) is 2.49. The van der Waals surface area contributed by atoms with Crippen LogP contribution in [-0.2, 0) is 18.4 Å². The molecule has 1 aliphatic rings. The van der Waals surface area contributed by atoms with E-state index in [1.807, 2.05) is 11.6 Å². The van der Waals surface area contributed by atoms with Gasteiger partial charge in [0.15, 0.2) is 0 Å². The van der Waals surface area contributed by atoms with E-state index in [4.69, 9.17) is 0 Å². The van der Waals surface area contributed by atoms with E-state index in [9.17, 15) is 9.90 Å². The second kappa shape index (κ2) is 8.93. The summed E-state index contributed by atoms with van der Waals surface area (Å²) < 4.78 is 1.92. The molecule has 0 unspecified atom stereocenters. The molecule has 22 heavy (non-hydrogen) atoms. The van der Waals surface area contributed by atoms with E-state index in [-0.39, 0.29) is 12.5 Å². The molecule has 5 nitrogen and oxygen atoms in total. The Bertz CT molecular complexity index is 453. The second-order valence-corrected chi connectivity index (χ2v) is 6.43. The van der Waals surface area contributed by atoms with Gasteiger partial charge in [-0.15, -0.1) is 0 Å². The Labute approximate surface area is 133 Å². The largest absolute Gasteiger partial charge is 0.395 e. The van der Waals surface area contributed by atoms with Gasteiger partial charge in [0.25, 0.3) is 0 Å². The lowest BCUT2D eigenvalue weighted by Crippen LogP contribution is -2.33. The van der Waals surface area contributed by atoms with Crippen molar-refractivity contribution in [3.63, 3.8) is 0 Å². The van der Waals surface area contributed by atoms with Gasteiger partial charge in [-0.2, -0.15) is 0 Å². The fourth-order valence-electron chi connectivity index (χ4n) is 3.32. The summed E-state index contributed by atoms with van der Waals surface area (Å²) in [6, 6.07) is 0. The van der Waals surface area contributed by atoms with Gasteiger partial charge in [-0.05, 0) is 18.8 Å². The van der Waals surface area contributed by atoms with Crippen LogP contribution in [0.3, 0.4) is 0 Å². The van der Waals surface area contributed by atoms with Crippen molar-refractivity contribution in [2.24, 2.45) is 13.0 Å². The van der Waals surface area contributed by atoms with Crippen LogP contribution in [0.2, 0.25) is 0 Å². The maximum absolute atomic E-state index is 12.4. The number of imidazole rings is 1. The number of rotatable bonds is 8. The van der Waals surface area contributed by atoms with Crippen LogP contribution in [-0.4, -0.2) is 38.6 Å². The molecule has 1 aliphatic carbocycles. The Morgan fingerprint density at radius 2 is 2.18 bits per heavy atom. The van der Waals surface area contributed by atoms with Crippen LogP contribution in [0.5, 0.6) is 0 Å². The van der Waals surface area contributed by atoms with Gasteiger partial charge in [-0.3, -0.25) is 4.79 Å². The summed E-state index contributed by atoms with van der Waals surface area (Å²) in [6.07, 6.45) is 13.0. The van der Waals surface area contributed by atoms with Gasteiger partial charge in [-0.1, -0.05) is 32.1 Å². The number of carbonyl (C=O) groups excluding carboxylic acids is 1. The topological polar surface area (TPSA) is 58.4 Å². The van der Waals surface area contributed by atoms with E-state index < -0.39 is 0 Å². The van der Waals surface area contributed by atoms with Crippen LogP contribution in [0.25, 0.3) is 0 Å². The minimum absolute atomic E-state index is 0.00617. The van der Waals surface area contributed by atoms with Crippen molar-refractivity contribution in [1.82, 2.24) is 14.5 Å². The highest BCUT2D eigenvalue weighted by Gasteiger charge is 2.17. The minimum Gasteiger partial charge on any atom is -0.395 e. The highest BCUT2D eigenvalue weighted by Crippen LogP contribution is 2.27. The Kier molecular flexibility index (Phi) is 6.90. The second-order valence-electron chi connectivity index (χ2n) is 6.43. The summed E-state index contributed by atoms with van der Waals surface area (Å²) in [5, 5.41) is 9.20. The predicted molar refractivity (Wildman–Crippen MR) is 86.1 cm³/mol. The molecule has 0 spiro atoms. The lowest BCUT2D eigenvalue weighted by Gasteiger charge is -2.24. The molecule has 0 radical (unpaired) electrons. The molecule has 1 aromatic heterocycles. The van der Waals surface area contributed by atoms with Crippen molar-refractivity contribution in [2.45, 2.75) is 57.9 Å². The third-order valence-corrected chi connectivity index (χ3v) is 4.72. The molecule has 1 saturated carbocycles. The molecular weight excluding hydrogens is 278 g/mol. The molecule has 0 bridgehead atoms. The number of aliphatic hydroxyl groups excluding tert-OH is 1. The summed E-state index contributed by atoms with van der Waals surface area (Å²) in [4.78, 5) is 18.2. The van der Waals surface area contributed by atoms with Crippen molar-refractivity contribution in [1.29, 1.82) is 0 Å². The van der Waals surface area contributed by atoms with Gasteiger partial charge in [-0.25, -0.2) is 4.98 Å². The average Bonchev–Trinajstić information content (AvgIpc) is 2.93. The van der Waals surface area contributed by atoms with Crippen LogP contribution in [0.1, 0.15) is 57.1 Å². The molecule has 1 fully saturated rings. The molecular formula is C17H29N3O2. The van der Waals surface area contributed by atoms with Gasteiger partial charge < -0.3 is 14.6 Å². The van der Waals surface area contributed by atoms with Crippen LogP contribution < -0.4 is 0 Å². The Balaban J connectivity index is 1.77. The molecule has 0 aromatic carbocycles. The number of carbonyl (C=O) groups is 1. The number of hydrogen-bond donors (Lipinski definition) is 1. The van der Waals surface area contributed by atoms with E-state index in [2.05, 4.69) is 4.98 Å². The molecule has 1 heterocycles. The number of aryl methyl sites for hydroxylation is 1. The molecule has 5 heteroatoms. The standard InChI is InChI=1S/C17H29N3O2/c1-19-14-18-12-16(19)13-20(10-11-21)17(22)9-5-8-15-6-3-2-4-7-15/h12,14-15,21H,2-11,13H2,1H3. The van der Waals surface area contributed by atoms with Crippen molar-refractivity contribution in [3.05, 3.63) is 18.2 Å². The lowest BCUT2D eigenvalue weighted by atomic mass is 9.86. The van der Waals surface area contributed by atoms with Crippen molar-refractivity contribution < 1.29 is 9.90 Å². The van der Waals surface area contributed by atoms with Crippen LogP contribution in [0.15, 0.2) is 12.5 Å². The van der Waals surface area contributed by atoms with Crippen LogP contribution in [0.4, 0.5) is 0 Å². The lowest BCUT2D eigenvalue weighted by molar-refractivity contribution is -0.132. The van der Waals surface area contributed by atoms with E-state index in [1.165, 1.54) is 38.5 Å². The van der Waals surface area contributed by atoms with Crippen LogP contribution >= 0.6 is 0 Å². The highest BCUT2D eigenvalue weighted by atomic mass is 16.3. The van der Waals surface area contributed by atoms with Crippen LogP contribution in [0, 0.1) is 5.92 Å². The monoisotopic (exact) mass is 307 g/mol. The minimum atomic E-state index is 0.00617. The zero-order valence-corrected chi connectivity index (χ0v) is 13.7. The fraction of sp³-hybridized carbons (Fsp3) is 0.765. The number of amides is 1. The Morgan fingerprint density at radius 1 is 1.41 bits per heavy atom. The van der Waals surface area contributed by atoms with Gasteiger partial charge in [0.2, 0.25) is 5.91 Å². The zero-order valence-electron chi connectivity index (χ0n) is 13.7. The molecule has 0 saturated heterocycles. The van der Waals surface area contributed by atoms with Gasteiger partial charge in [0.05, 0.1) is 25.2 Å². The average molecular weight is 307 g/mol. The van der Waals surface area contributed by atoms with Crippen molar-refractivity contribution in [3.8, 4) is 0 Å². The molecule has 1 amide bonds. The quantitative estimate of drug-likeness (QED) is 0.803. The van der Waals surface area contributed by atoms with Crippen molar-refractivity contribution >= 4 is 5.91 Å². The first kappa shape index (κ1) is 17.0. The number of aromatic nitrogens is 2. The fourth-order valence-corrected chi connectivity index (χ4v) is 3.32. The van der Waals surface area contributed by atoms with Gasteiger partial charge in [0.1, 0.15) is 0 Å². The Hall–Kier alpha value is -1.36. The van der Waals surface area contributed by atoms with E-state index in [0.29, 0.717) is 19.5 Å². The summed E-state index contributed by atoms with van der Waals surface area (Å²) in [6.45, 7) is 0.930. The van der Waals surface area contributed by atoms with Gasteiger partial charge >= 0.3 is 0 Å².